The molecule has 3 aromatic heterocycles. The topological polar surface area (TPSA) is 165 Å². The third-order valence-electron chi connectivity index (χ3n) is 5.62. The lowest BCUT2D eigenvalue weighted by atomic mass is 10.0. The van der Waals surface area contributed by atoms with Gasteiger partial charge in [-0.15, -0.1) is 0 Å². The number of amides is 2. The number of hydrogen-bond donors (Lipinski definition) is 3. The molecule has 1 atom stereocenters. The van der Waals surface area contributed by atoms with Crippen LogP contribution in [0.2, 0.25) is 0 Å². The van der Waals surface area contributed by atoms with E-state index >= 15 is 0 Å². The highest BCUT2D eigenvalue weighted by Crippen LogP contribution is 2.33. The van der Waals surface area contributed by atoms with Gasteiger partial charge in [0.25, 0.3) is 11.5 Å². The lowest BCUT2D eigenvalue weighted by Crippen LogP contribution is -2.64. The molecule has 0 radical (unpaired) electrons. The average Bonchev–Trinajstić information content (AvgIpc) is 3.58. The number of nitrogens with zero attached hydrogens (tertiary/aromatic N) is 6. The number of anilines is 1. The Balaban J connectivity index is 1.68. The van der Waals surface area contributed by atoms with Gasteiger partial charge in [0, 0.05) is 18.6 Å². The van der Waals surface area contributed by atoms with E-state index < -0.39 is 52.6 Å². The van der Waals surface area contributed by atoms with Gasteiger partial charge in [-0.05, 0) is 12.1 Å². The molecule has 2 amide bonds. The summed E-state index contributed by atoms with van der Waals surface area (Å²) in [5.74, 6) is -1.28. The van der Waals surface area contributed by atoms with Crippen LogP contribution >= 0.6 is 0 Å². The molecule has 4 rings (SSSR count). The molecule has 0 spiro atoms. The maximum Gasteiger partial charge on any atom is 0.428 e. The van der Waals surface area contributed by atoms with Gasteiger partial charge in [0.2, 0.25) is 5.91 Å². The normalized spacial score (nSPS) is 13.1. The second kappa shape index (κ2) is 10.8. The monoisotopic (exact) mass is 566 g/mol. The minimum Gasteiger partial charge on any atom is -0.371 e. The van der Waals surface area contributed by atoms with E-state index in [2.05, 4.69) is 20.2 Å². The molecule has 4 N–H and O–H groups in total. The molecule has 0 aliphatic heterocycles. The molecule has 1 unspecified atom stereocenters. The first-order valence-corrected chi connectivity index (χ1v) is 11.2. The SMILES string of the molecule is CC(=O)N(N)C(=O)C(O)(CNc1nc(-c2cc(-c3ccon3)n(Cc3ccccc3F)n2)ncc1F)C(F)(F)F. The second-order valence-electron chi connectivity index (χ2n) is 8.34. The number of benzene rings is 1. The summed E-state index contributed by atoms with van der Waals surface area (Å²) in [6.07, 6.45) is -3.71. The first-order chi connectivity index (χ1) is 18.8. The van der Waals surface area contributed by atoms with E-state index in [4.69, 9.17) is 10.4 Å². The fourth-order valence-corrected chi connectivity index (χ4v) is 3.45. The van der Waals surface area contributed by atoms with Crippen LogP contribution in [0.3, 0.4) is 0 Å². The number of imide groups is 1. The fourth-order valence-electron chi connectivity index (χ4n) is 3.45. The molecular formula is C23H19F5N8O4. The van der Waals surface area contributed by atoms with Crippen LogP contribution in [0.5, 0.6) is 0 Å². The predicted octanol–water partition coefficient (Wildman–Crippen LogP) is 2.28. The summed E-state index contributed by atoms with van der Waals surface area (Å²) in [6.45, 7) is -1.03. The van der Waals surface area contributed by atoms with Crippen LogP contribution in [0, 0.1) is 11.6 Å². The molecule has 0 saturated carbocycles. The van der Waals surface area contributed by atoms with E-state index in [-0.39, 0.29) is 23.6 Å². The summed E-state index contributed by atoms with van der Waals surface area (Å²) in [5.41, 5.74) is -3.35. The largest absolute Gasteiger partial charge is 0.428 e. The smallest absolute Gasteiger partial charge is 0.371 e. The minimum atomic E-state index is -5.62. The van der Waals surface area contributed by atoms with Crippen molar-refractivity contribution in [2.75, 3.05) is 11.9 Å². The zero-order chi connectivity index (χ0) is 29.2. The quantitative estimate of drug-likeness (QED) is 0.125. The first-order valence-electron chi connectivity index (χ1n) is 11.2. The van der Waals surface area contributed by atoms with Gasteiger partial charge in [-0.25, -0.2) is 29.6 Å². The van der Waals surface area contributed by atoms with Crippen LogP contribution in [-0.2, 0) is 16.1 Å². The molecule has 3 heterocycles. The molecule has 12 nitrogen and oxygen atoms in total. The van der Waals surface area contributed by atoms with Gasteiger partial charge >= 0.3 is 6.18 Å². The van der Waals surface area contributed by atoms with Crippen LogP contribution in [0.1, 0.15) is 12.5 Å². The summed E-state index contributed by atoms with van der Waals surface area (Å²) in [4.78, 5) is 31.1. The Kier molecular flexibility index (Phi) is 7.61. The molecule has 0 aliphatic rings. The molecule has 0 fully saturated rings. The van der Waals surface area contributed by atoms with Crippen molar-refractivity contribution in [3.63, 3.8) is 0 Å². The van der Waals surface area contributed by atoms with E-state index in [1.54, 1.807) is 6.07 Å². The standard InChI is InChI=1S/C23H19F5N8O4/c1-12(37)36(29)21(38)22(39,23(26,27)28)11-31-19-15(25)9-30-20(32-19)17-8-18(16-6-7-40-34-16)35(33-17)10-13-4-2-3-5-14(13)24/h2-9,39H,10-11,29H2,1H3,(H,30,31,32). The highest BCUT2D eigenvalue weighted by molar-refractivity contribution is 5.98. The predicted molar refractivity (Wildman–Crippen MR) is 125 cm³/mol. The van der Waals surface area contributed by atoms with Crippen LogP contribution in [0.25, 0.3) is 22.9 Å². The van der Waals surface area contributed by atoms with Crippen molar-refractivity contribution in [2.24, 2.45) is 5.84 Å². The molecule has 17 heteroatoms. The van der Waals surface area contributed by atoms with Gasteiger partial charge in [0.15, 0.2) is 17.5 Å². The van der Waals surface area contributed by atoms with Crippen LogP contribution in [0.15, 0.2) is 53.4 Å². The Morgan fingerprint density at radius 1 is 1.15 bits per heavy atom. The number of hydrazine groups is 1. The minimum absolute atomic E-state index is 0.00994. The highest BCUT2D eigenvalue weighted by Gasteiger charge is 2.61. The number of carbonyl (C=O) groups is 2. The molecule has 40 heavy (non-hydrogen) atoms. The van der Waals surface area contributed by atoms with Gasteiger partial charge in [0.1, 0.15) is 23.5 Å². The third kappa shape index (κ3) is 5.50. The van der Waals surface area contributed by atoms with Crippen LogP contribution in [-0.4, -0.2) is 65.2 Å². The summed E-state index contributed by atoms with van der Waals surface area (Å²) >= 11 is 0. The third-order valence-corrected chi connectivity index (χ3v) is 5.62. The summed E-state index contributed by atoms with van der Waals surface area (Å²) in [6, 6.07) is 8.80. The number of rotatable bonds is 8. The summed E-state index contributed by atoms with van der Waals surface area (Å²) < 4.78 is 75.8. The Labute approximate surface area is 221 Å². The van der Waals surface area contributed by atoms with Gasteiger partial charge in [-0.3, -0.25) is 14.3 Å². The van der Waals surface area contributed by atoms with E-state index in [1.165, 1.54) is 41.3 Å². The van der Waals surface area contributed by atoms with Gasteiger partial charge in [-0.2, -0.15) is 18.3 Å². The van der Waals surface area contributed by atoms with E-state index in [0.717, 1.165) is 0 Å². The number of aliphatic hydroxyl groups is 1. The van der Waals surface area contributed by atoms with Gasteiger partial charge < -0.3 is 14.9 Å². The van der Waals surface area contributed by atoms with Gasteiger partial charge in [0.05, 0.1) is 25.0 Å². The lowest BCUT2D eigenvalue weighted by Gasteiger charge is -2.31. The first kappa shape index (κ1) is 28.2. The van der Waals surface area contributed by atoms with Crippen molar-refractivity contribution in [2.45, 2.75) is 25.2 Å². The summed E-state index contributed by atoms with van der Waals surface area (Å²) in [5, 5.41) is 19.8. The fraction of sp³-hybridized carbons (Fsp3) is 0.217. The van der Waals surface area contributed by atoms with Crippen LogP contribution in [0.4, 0.5) is 27.8 Å². The Bertz CT molecular complexity index is 1540. The lowest BCUT2D eigenvalue weighted by molar-refractivity contribution is -0.251. The summed E-state index contributed by atoms with van der Waals surface area (Å²) in [7, 11) is 0. The van der Waals surface area contributed by atoms with E-state index in [0.29, 0.717) is 24.5 Å². The maximum atomic E-state index is 14.5. The molecule has 0 bridgehead atoms. The molecule has 1 aromatic carbocycles. The second-order valence-corrected chi connectivity index (χ2v) is 8.34. The number of nitrogens with two attached hydrogens (primary N) is 1. The molecule has 210 valence electrons. The molecular weight excluding hydrogens is 547 g/mol. The number of hydrogen-bond acceptors (Lipinski definition) is 10. The number of alkyl halides is 3. The van der Waals surface area contributed by atoms with E-state index in [9.17, 15) is 36.6 Å². The number of carbonyl (C=O) groups excluding carboxylic acids is 2. The van der Waals surface area contributed by atoms with Crippen molar-refractivity contribution in [1.29, 1.82) is 0 Å². The van der Waals surface area contributed by atoms with Gasteiger partial charge in [-0.1, -0.05) is 23.4 Å². The van der Waals surface area contributed by atoms with Crippen molar-refractivity contribution >= 4 is 17.6 Å². The van der Waals surface area contributed by atoms with Crippen molar-refractivity contribution in [3.8, 4) is 22.9 Å². The molecule has 0 aliphatic carbocycles. The maximum absolute atomic E-state index is 14.5. The number of halogens is 5. The zero-order valence-electron chi connectivity index (χ0n) is 20.4. The van der Waals surface area contributed by atoms with Crippen molar-refractivity contribution < 1.29 is 41.2 Å². The van der Waals surface area contributed by atoms with Crippen molar-refractivity contribution in [3.05, 3.63) is 66.1 Å². The number of nitrogens with one attached hydrogen (secondary N) is 1. The van der Waals surface area contributed by atoms with Crippen molar-refractivity contribution in [1.82, 2.24) is 29.9 Å². The Hall–Kier alpha value is -4.77. The highest BCUT2D eigenvalue weighted by atomic mass is 19.4. The molecule has 4 aromatic rings. The zero-order valence-corrected chi connectivity index (χ0v) is 20.4. The average molecular weight is 566 g/mol. The van der Waals surface area contributed by atoms with E-state index in [1.807, 2.05) is 5.32 Å². The Morgan fingerprint density at radius 3 is 2.50 bits per heavy atom. The Morgan fingerprint density at radius 2 is 1.88 bits per heavy atom. The molecule has 0 saturated heterocycles. The van der Waals surface area contributed by atoms with Crippen LogP contribution < -0.4 is 11.2 Å². The number of aromatic nitrogens is 5.